The van der Waals surface area contributed by atoms with Crippen LogP contribution in [0.15, 0.2) is 16.6 Å². The molecule has 2 N–H and O–H groups in total. The number of hydrogen-bond acceptors (Lipinski definition) is 2. The average molecular weight is 315 g/mol. The number of rotatable bonds is 2. The van der Waals surface area contributed by atoms with Gasteiger partial charge in [0.05, 0.1) is 11.3 Å². The summed E-state index contributed by atoms with van der Waals surface area (Å²) in [6.07, 6.45) is 2.10. The smallest absolute Gasteiger partial charge is 0.253 e. The van der Waals surface area contributed by atoms with E-state index in [-0.39, 0.29) is 5.56 Å². The van der Waals surface area contributed by atoms with Gasteiger partial charge < -0.3 is 10.6 Å². The molecule has 1 aromatic carbocycles. The van der Waals surface area contributed by atoms with Gasteiger partial charge in [0.1, 0.15) is 5.82 Å². The molecule has 1 fully saturated rings. The number of nitrogens with two attached hydrogens (primary N) is 1. The lowest BCUT2D eigenvalue weighted by molar-refractivity contribution is 0.0997. The number of amides is 1. The van der Waals surface area contributed by atoms with E-state index in [1.165, 1.54) is 6.07 Å². The van der Waals surface area contributed by atoms with Crippen LogP contribution < -0.4 is 10.6 Å². The number of benzene rings is 1. The summed E-state index contributed by atoms with van der Waals surface area (Å²) in [7, 11) is 0. The van der Waals surface area contributed by atoms with Gasteiger partial charge in [0.15, 0.2) is 0 Å². The Morgan fingerprint density at radius 1 is 1.44 bits per heavy atom. The van der Waals surface area contributed by atoms with Crippen LogP contribution in [0.2, 0.25) is 0 Å². The van der Waals surface area contributed by atoms with Crippen molar-refractivity contribution in [2.45, 2.75) is 19.8 Å². The normalized spacial score (nSPS) is 16.9. The average Bonchev–Trinajstić information content (AvgIpc) is 2.28. The van der Waals surface area contributed by atoms with Crippen LogP contribution >= 0.6 is 15.9 Å². The minimum Gasteiger partial charge on any atom is -0.371 e. The molecule has 1 heterocycles. The number of halogens is 2. The second-order valence-electron chi connectivity index (χ2n) is 4.82. The van der Waals surface area contributed by atoms with E-state index in [0.29, 0.717) is 16.1 Å². The zero-order valence-corrected chi connectivity index (χ0v) is 11.8. The maximum absolute atomic E-state index is 13.8. The first-order chi connectivity index (χ1) is 8.49. The van der Waals surface area contributed by atoms with E-state index in [9.17, 15) is 9.18 Å². The zero-order chi connectivity index (χ0) is 13.3. The van der Waals surface area contributed by atoms with E-state index in [1.807, 2.05) is 4.90 Å². The molecule has 0 spiro atoms. The lowest BCUT2D eigenvalue weighted by atomic mass is 9.98. The molecular formula is C13H16BrFN2O. The highest BCUT2D eigenvalue weighted by Gasteiger charge is 2.23. The highest BCUT2D eigenvalue weighted by atomic mass is 79.9. The number of nitrogens with zero attached hydrogens (tertiary/aromatic N) is 1. The van der Waals surface area contributed by atoms with Crippen LogP contribution in [0, 0.1) is 11.7 Å². The molecule has 0 saturated carbocycles. The van der Waals surface area contributed by atoms with Crippen molar-refractivity contribution in [3.63, 3.8) is 0 Å². The predicted molar refractivity (Wildman–Crippen MR) is 73.2 cm³/mol. The Kier molecular flexibility index (Phi) is 3.90. The first-order valence-corrected chi connectivity index (χ1v) is 6.82. The Hall–Kier alpha value is -1.10. The fraction of sp³-hybridized carbons (Fsp3) is 0.462. The topological polar surface area (TPSA) is 46.3 Å². The third kappa shape index (κ3) is 2.66. The summed E-state index contributed by atoms with van der Waals surface area (Å²) in [5.41, 5.74) is 5.87. The molecular weight excluding hydrogens is 299 g/mol. The first-order valence-electron chi connectivity index (χ1n) is 6.03. The fourth-order valence-corrected chi connectivity index (χ4v) is 2.72. The minimum atomic E-state index is -0.714. The van der Waals surface area contributed by atoms with Gasteiger partial charge in [-0.15, -0.1) is 0 Å². The third-order valence-corrected chi connectivity index (χ3v) is 3.86. The van der Waals surface area contributed by atoms with Gasteiger partial charge in [-0.2, -0.15) is 0 Å². The Balaban J connectivity index is 2.39. The van der Waals surface area contributed by atoms with E-state index < -0.39 is 11.7 Å². The zero-order valence-electron chi connectivity index (χ0n) is 10.2. The van der Waals surface area contributed by atoms with E-state index >= 15 is 0 Å². The molecule has 1 aromatic rings. The van der Waals surface area contributed by atoms with Crippen molar-refractivity contribution >= 4 is 27.5 Å². The van der Waals surface area contributed by atoms with Gasteiger partial charge in [-0.25, -0.2) is 4.39 Å². The molecule has 0 radical (unpaired) electrons. The minimum absolute atomic E-state index is 0.00671. The molecule has 18 heavy (non-hydrogen) atoms. The SMILES string of the molecule is CC1CCN(c2cc(Br)cc(F)c2C(N)=O)CC1. The van der Waals surface area contributed by atoms with Crippen LogP contribution in [0.5, 0.6) is 0 Å². The summed E-state index contributed by atoms with van der Waals surface area (Å²) in [6, 6.07) is 3.04. The predicted octanol–water partition coefficient (Wildman–Crippen LogP) is 2.92. The van der Waals surface area contributed by atoms with Crippen molar-refractivity contribution in [2.24, 2.45) is 11.7 Å². The van der Waals surface area contributed by atoms with Crippen LogP contribution in [-0.2, 0) is 0 Å². The number of anilines is 1. The largest absolute Gasteiger partial charge is 0.371 e. The second kappa shape index (κ2) is 5.26. The van der Waals surface area contributed by atoms with Crippen molar-refractivity contribution in [1.82, 2.24) is 0 Å². The van der Waals surface area contributed by atoms with Crippen LogP contribution in [0.1, 0.15) is 30.1 Å². The van der Waals surface area contributed by atoms with Crippen LogP contribution in [0.3, 0.4) is 0 Å². The van der Waals surface area contributed by atoms with Crippen molar-refractivity contribution in [2.75, 3.05) is 18.0 Å². The van der Waals surface area contributed by atoms with Gasteiger partial charge in [-0.05, 0) is 30.9 Å². The summed E-state index contributed by atoms with van der Waals surface area (Å²) < 4.78 is 14.5. The molecule has 98 valence electrons. The van der Waals surface area contributed by atoms with Gasteiger partial charge in [0.2, 0.25) is 0 Å². The Morgan fingerprint density at radius 3 is 2.61 bits per heavy atom. The van der Waals surface area contributed by atoms with E-state index in [1.54, 1.807) is 6.07 Å². The van der Waals surface area contributed by atoms with Crippen molar-refractivity contribution in [3.05, 3.63) is 28.0 Å². The van der Waals surface area contributed by atoms with Gasteiger partial charge in [-0.1, -0.05) is 22.9 Å². The second-order valence-corrected chi connectivity index (χ2v) is 5.73. The van der Waals surface area contributed by atoms with Gasteiger partial charge in [0.25, 0.3) is 5.91 Å². The highest BCUT2D eigenvalue weighted by molar-refractivity contribution is 9.10. The number of hydrogen-bond donors (Lipinski definition) is 1. The molecule has 0 bridgehead atoms. The van der Waals surface area contributed by atoms with Crippen LogP contribution in [0.25, 0.3) is 0 Å². The summed E-state index contributed by atoms with van der Waals surface area (Å²) in [4.78, 5) is 13.4. The molecule has 0 atom stereocenters. The van der Waals surface area contributed by atoms with Crippen LogP contribution in [0.4, 0.5) is 10.1 Å². The Labute approximate surface area is 114 Å². The molecule has 1 saturated heterocycles. The summed E-state index contributed by atoms with van der Waals surface area (Å²) in [6.45, 7) is 3.86. The van der Waals surface area contributed by atoms with Crippen LogP contribution in [-0.4, -0.2) is 19.0 Å². The third-order valence-electron chi connectivity index (χ3n) is 3.40. The Morgan fingerprint density at radius 2 is 2.06 bits per heavy atom. The van der Waals surface area contributed by atoms with Crippen molar-refractivity contribution < 1.29 is 9.18 Å². The number of carbonyl (C=O) groups is 1. The standard InChI is InChI=1S/C13H16BrFN2O/c1-8-2-4-17(5-3-8)11-7-9(14)6-10(15)12(11)13(16)18/h6-8H,2-5H2,1H3,(H2,16,18). The highest BCUT2D eigenvalue weighted by Crippen LogP contribution is 2.30. The number of carbonyl (C=O) groups excluding carboxylic acids is 1. The molecule has 1 aliphatic rings. The Bertz CT molecular complexity index is 470. The summed E-state index contributed by atoms with van der Waals surface area (Å²) in [5, 5.41) is 0. The maximum atomic E-state index is 13.8. The number of piperidine rings is 1. The number of primary amides is 1. The molecule has 1 amide bonds. The molecule has 3 nitrogen and oxygen atoms in total. The van der Waals surface area contributed by atoms with Crippen molar-refractivity contribution in [1.29, 1.82) is 0 Å². The van der Waals surface area contributed by atoms with E-state index in [0.717, 1.165) is 25.9 Å². The first kappa shape index (κ1) is 13.3. The van der Waals surface area contributed by atoms with Gasteiger partial charge in [-0.3, -0.25) is 4.79 Å². The molecule has 2 rings (SSSR count). The molecule has 0 aromatic heterocycles. The quantitative estimate of drug-likeness (QED) is 0.912. The van der Waals surface area contributed by atoms with E-state index in [2.05, 4.69) is 22.9 Å². The van der Waals surface area contributed by atoms with Gasteiger partial charge in [0, 0.05) is 17.6 Å². The van der Waals surface area contributed by atoms with E-state index in [4.69, 9.17) is 5.73 Å². The maximum Gasteiger partial charge on any atom is 0.253 e. The van der Waals surface area contributed by atoms with Gasteiger partial charge >= 0.3 is 0 Å². The summed E-state index contributed by atoms with van der Waals surface area (Å²) in [5.74, 6) is -0.602. The molecule has 1 aliphatic heterocycles. The monoisotopic (exact) mass is 314 g/mol. The molecule has 5 heteroatoms. The fourth-order valence-electron chi connectivity index (χ4n) is 2.30. The molecule has 0 aliphatic carbocycles. The van der Waals surface area contributed by atoms with Crippen molar-refractivity contribution in [3.8, 4) is 0 Å². The lowest BCUT2D eigenvalue weighted by Crippen LogP contribution is -2.34. The lowest BCUT2D eigenvalue weighted by Gasteiger charge is -2.33. The molecule has 0 unspecified atom stereocenters. The summed E-state index contributed by atoms with van der Waals surface area (Å²) >= 11 is 3.26.